The van der Waals surface area contributed by atoms with Gasteiger partial charge in [-0.15, -0.1) is 0 Å². The van der Waals surface area contributed by atoms with E-state index >= 15 is 0 Å². The third-order valence-corrected chi connectivity index (χ3v) is 1.24. The van der Waals surface area contributed by atoms with Gasteiger partial charge in [0.25, 0.3) is 0 Å². The van der Waals surface area contributed by atoms with Crippen molar-refractivity contribution in [2.24, 2.45) is 0 Å². The van der Waals surface area contributed by atoms with Gasteiger partial charge in [-0.1, -0.05) is 11.9 Å². The average molecular weight is 161 g/mol. The average Bonchev–Trinajstić information content (AvgIpc) is 1.98. The minimum Gasteiger partial charge on any atom is -0.486 e. The lowest BCUT2D eigenvalue weighted by Crippen LogP contribution is -2.10. The standard InChI is InChI=1S/C6H11NO2S/c1-3-9-6(5-8)4-7-10-2/h7H,3-4H2,1-2H3. The van der Waals surface area contributed by atoms with Crippen LogP contribution in [0.2, 0.25) is 0 Å². The first-order valence-electron chi connectivity index (χ1n) is 2.97. The van der Waals surface area contributed by atoms with Crippen molar-refractivity contribution in [1.29, 1.82) is 0 Å². The zero-order valence-electron chi connectivity index (χ0n) is 6.14. The molecule has 0 rings (SSSR count). The maximum atomic E-state index is 10.1. The quantitative estimate of drug-likeness (QED) is 0.364. The Morgan fingerprint density at radius 1 is 1.80 bits per heavy atom. The molecule has 0 aromatic carbocycles. The first kappa shape index (κ1) is 9.56. The molecule has 0 atom stereocenters. The zero-order valence-corrected chi connectivity index (χ0v) is 6.96. The molecule has 0 amide bonds. The van der Waals surface area contributed by atoms with Gasteiger partial charge in [-0.3, -0.25) is 4.72 Å². The van der Waals surface area contributed by atoms with E-state index in [1.807, 2.05) is 13.2 Å². The van der Waals surface area contributed by atoms with Crippen LogP contribution >= 0.6 is 11.9 Å². The summed E-state index contributed by atoms with van der Waals surface area (Å²) >= 11 is 1.44. The van der Waals surface area contributed by atoms with Gasteiger partial charge in [-0.25, -0.2) is 4.79 Å². The number of carbonyl (C=O) groups excluding carboxylic acids is 1. The maximum absolute atomic E-state index is 10.1. The minimum atomic E-state index is 0.330. The summed E-state index contributed by atoms with van der Waals surface area (Å²) in [6.45, 7) is 2.79. The fraction of sp³-hybridized carbons (Fsp3) is 0.667. The molecule has 0 aromatic heterocycles. The van der Waals surface area contributed by atoms with Gasteiger partial charge in [0.05, 0.1) is 13.2 Å². The predicted molar refractivity (Wildman–Crippen MR) is 42.4 cm³/mol. The first-order chi connectivity index (χ1) is 4.85. The van der Waals surface area contributed by atoms with Crippen LogP contribution in [0.15, 0.2) is 5.76 Å². The first-order valence-corrected chi connectivity index (χ1v) is 4.20. The van der Waals surface area contributed by atoms with Crippen LogP contribution in [-0.4, -0.2) is 25.3 Å². The lowest BCUT2D eigenvalue weighted by atomic mass is 10.6. The van der Waals surface area contributed by atoms with Crippen molar-refractivity contribution < 1.29 is 9.53 Å². The summed E-state index contributed by atoms with van der Waals surface area (Å²) in [6, 6.07) is 0. The minimum absolute atomic E-state index is 0.330. The largest absolute Gasteiger partial charge is 0.486 e. The van der Waals surface area contributed by atoms with Crippen LogP contribution in [0.25, 0.3) is 0 Å². The summed E-state index contributed by atoms with van der Waals surface area (Å²) in [5, 5.41) is 0. The lowest BCUT2D eigenvalue weighted by Gasteiger charge is -2.02. The molecule has 0 fully saturated rings. The van der Waals surface area contributed by atoms with Gasteiger partial charge in [0.15, 0.2) is 11.7 Å². The maximum Gasteiger partial charge on any atom is 0.194 e. The van der Waals surface area contributed by atoms with E-state index in [0.29, 0.717) is 18.9 Å². The van der Waals surface area contributed by atoms with E-state index in [2.05, 4.69) is 4.72 Å². The molecule has 0 saturated carbocycles. The molecule has 0 aliphatic heterocycles. The smallest absolute Gasteiger partial charge is 0.194 e. The third-order valence-electron chi connectivity index (χ3n) is 0.809. The van der Waals surface area contributed by atoms with Gasteiger partial charge in [0.1, 0.15) is 0 Å². The molecule has 0 spiro atoms. The Morgan fingerprint density at radius 2 is 2.50 bits per heavy atom. The van der Waals surface area contributed by atoms with Crippen LogP contribution in [-0.2, 0) is 9.53 Å². The van der Waals surface area contributed by atoms with Crippen molar-refractivity contribution in [3.8, 4) is 0 Å². The van der Waals surface area contributed by atoms with Crippen molar-refractivity contribution in [3.63, 3.8) is 0 Å². The Balaban J connectivity index is 3.52. The second kappa shape index (κ2) is 6.68. The van der Waals surface area contributed by atoms with E-state index in [1.165, 1.54) is 11.9 Å². The Hall–Kier alpha value is -0.440. The van der Waals surface area contributed by atoms with Crippen molar-refractivity contribution in [2.75, 3.05) is 19.4 Å². The molecule has 0 heterocycles. The fourth-order valence-corrected chi connectivity index (χ4v) is 0.704. The fourth-order valence-electron chi connectivity index (χ4n) is 0.429. The number of rotatable bonds is 5. The Bertz CT molecular complexity index is 132. The highest BCUT2D eigenvalue weighted by Crippen LogP contribution is 1.91. The SMILES string of the molecule is CCOC(=C=O)CNSC. The van der Waals surface area contributed by atoms with Crippen LogP contribution in [0.1, 0.15) is 6.92 Å². The number of hydrogen-bond acceptors (Lipinski definition) is 4. The molecule has 0 saturated heterocycles. The monoisotopic (exact) mass is 161 g/mol. The van der Waals surface area contributed by atoms with Crippen molar-refractivity contribution in [1.82, 2.24) is 4.72 Å². The summed E-state index contributed by atoms with van der Waals surface area (Å²) in [7, 11) is 0. The van der Waals surface area contributed by atoms with E-state index in [0.717, 1.165) is 0 Å². The van der Waals surface area contributed by atoms with Gasteiger partial charge in [0.2, 0.25) is 0 Å². The molecule has 3 nitrogen and oxygen atoms in total. The van der Waals surface area contributed by atoms with E-state index in [4.69, 9.17) is 4.74 Å². The molecule has 0 aromatic rings. The molecule has 0 aliphatic carbocycles. The van der Waals surface area contributed by atoms with Crippen LogP contribution in [0.3, 0.4) is 0 Å². The molecule has 1 N–H and O–H groups in total. The highest BCUT2D eigenvalue weighted by molar-refractivity contribution is 7.96. The number of ether oxygens (including phenoxy) is 1. The zero-order chi connectivity index (χ0) is 7.82. The van der Waals surface area contributed by atoms with Crippen LogP contribution < -0.4 is 4.72 Å². The predicted octanol–water partition coefficient (Wildman–Crippen LogP) is 0.606. The second-order valence-corrected chi connectivity index (χ2v) is 2.18. The topological polar surface area (TPSA) is 38.3 Å². The third kappa shape index (κ3) is 4.44. The van der Waals surface area contributed by atoms with Crippen molar-refractivity contribution >= 4 is 17.9 Å². The van der Waals surface area contributed by atoms with Crippen molar-refractivity contribution in [3.05, 3.63) is 5.76 Å². The van der Waals surface area contributed by atoms with Gasteiger partial charge in [0, 0.05) is 0 Å². The molecule has 0 radical (unpaired) electrons. The molecular formula is C6H11NO2S. The molecule has 4 heteroatoms. The highest BCUT2D eigenvalue weighted by atomic mass is 32.2. The van der Waals surface area contributed by atoms with E-state index in [-0.39, 0.29) is 0 Å². The van der Waals surface area contributed by atoms with Gasteiger partial charge in [-0.2, -0.15) is 0 Å². The molecule has 0 unspecified atom stereocenters. The van der Waals surface area contributed by atoms with Crippen LogP contribution in [0.4, 0.5) is 0 Å². The Labute approximate surface area is 65.0 Å². The molecule has 10 heavy (non-hydrogen) atoms. The number of hydrogen-bond donors (Lipinski definition) is 1. The van der Waals surface area contributed by atoms with Crippen LogP contribution in [0.5, 0.6) is 0 Å². The Morgan fingerprint density at radius 3 is 2.90 bits per heavy atom. The summed E-state index contributed by atoms with van der Waals surface area (Å²) < 4.78 is 7.79. The summed E-state index contributed by atoms with van der Waals surface area (Å²) in [5.74, 6) is 2.04. The molecular weight excluding hydrogens is 150 g/mol. The second-order valence-electron chi connectivity index (χ2n) is 1.48. The summed E-state index contributed by atoms with van der Waals surface area (Å²) in [5.41, 5.74) is 0. The summed E-state index contributed by atoms with van der Waals surface area (Å²) in [6.07, 6.45) is 1.88. The van der Waals surface area contributed by atoms with Crippen molar-refractivity contribution in [2.45, 2.75) is 6.92 Å². The normalized spacial score (nSPS) is 8.60. The van der Waals surface area contributed by atoms with E-state index in [1.54, 1.807) is 5.94 Å². The Kier molecular flexibility index (Phi) is 6.38. The van der Waals surface area contributed by atoms with E-state index < -0.39 is 0 Å². The van der Waals surface area contributed by atoms with Gasteiger partial charge >= 0.3 is 0 Å². The molecule has 0 aliphatic rings. The van der Waals surface area contributed by atoms with Gasteiger partial charge in [-0.05, 0) is 13.2 Å². The number of nitrogens with one attached hydrogen (secondary N) is 1. The lowest BCUT2D eigenvalue weighted by molar-refractivity contribution is 0.228. The van der Waals surface area contributed by atoms with Crippen LogP contribution in [0, 0.1) is 0 Å². The van der Waals surface area contributed by atoms with Gasteiger partial charge < -0.3 is 4.74 Å². The van der Waals surface area contributed by atoms with E-state index in [9.17, 15) is 4.79 Å². The highest BCUT2D eigenvalue weighted by Gasteiger charge is 1.94. The summed E-state index contributed by atoms with van der Waals surface area (Å²) in [4.78, 5) is 10.1. The molecule has 58 valence electrons. The molecule has 0 bridgehead atoms.